The van der Waals surface area contributed by atoms with Gasteiger partial charge in [-0.3, -0.25) is 9.69 Å². The second kappa shape index (κ2) is 7.15. The summed E-state index contributed by atoms with van der Waals surface area (Å²) in [5, 5.41) is 13.5. The predicted molar refractivity (Wildman–Crippen MR) is 91.1 cm³/mol. The van der Waals surface area contributed by atoms with Gasteiger partial charge < -0.3 is 9.84 Å². The van der Waals surface area contributed by atoms with Gasteiger partial charge in [0, 0.05) is 0 Å². The van der Waals surface area contributed by atoms with Crippen LogP contribution in [0.3, 0.4) is 0 Å². The molecular weight excluding hydrogens is 310 g/mol. The second-order valence-electron chi connectivity index (χ2n) is 5.88. The van der Waals surface area contributed by atoms with Crippen LogP contribution in [0.25, 0.3) is 0 Å². The van der Waals surface area contributed by atoms with E-state index < -0.39 is 5.97 Å². The highest BCUT2D eigenvalue weighted by Crippen LogP contribution is 2.34. The van der Waals surface area contributed by atoms with Gasteiger partial charge in [0.15, 0.2) is 0 Å². The number of benzene rings is 1. The monoisotopic (exact) mass is 331 g/mol. The Morgan fingerprint density at radius 1 is 1.30 bits per heavy atom. The number of thiophene rings is 1. The zero-order chi connectivity index (χ0) is 16.2. The molecule has 0 saturated carbocycles. The highest BCUT2D eigenvalue weighted by molar-refractivity contribution is 7.08. The van der Waals surface area contributed by atoms with Crippen LogP contribution in [-0.2, 0) is 4.79 Å². The molecule has 1 fully saturated rings. The van der Waals surface area contributed by atoms with Crippen LogP contribution >= 0.6 is 11.3 Å². The number of methoxy groups -OCH3 is 1. The van der Waals surface area contributed by atoms with Crippen LogP contribution in [0.5, 0.6) is 5.75 Å². The first-order valence-corrected chi connectivity index (χ1v) is 8.76. The number of carboxylic acids is 1. The molecule has 1 aromatic heterocycles. The highest BCUT2D eigenvalue weighted by atomic mass is 32.1. The predicted octanol–water partition coefficient (Wildman–Crippen LogP) is 3.64. The van der Waals surface area contributed by atoms with E-state index in [4.69, 9.17) is 4.74 Å². The van der Waals surface area contributed by atoms with E-state index in [1.54, 1.807) is 18.4 Å². The minimum absolute atomic E-state index is 0.158. The van der Waals surface area contributed by atoms with Gasteiger partial charge in [0.2, 0.25) is 0 Å². The lowest BCUT2D eigenvalue weighted by molar-refractivity contribution is -0.143. The molecule has 0 spiro atoms. The first-order chi connectivity index (χ1) is 11.2. The van der Waals surface area contributed by atoms with E-state index in [1.165, 1.54) is 11.1 Å². The van der Waals surface area contributed by atoms with Crippen molar-refractivity contribution in [2.45, 2.75) is 18.9 Å². The van der Waals surface area contributed by atoms with Gasteiger partial charge in [0.05, 0.1) is 19.1 Å². The molecular formula is C18H21NO3S. The molecule has 0 radical (unpaired) electrons. The van der Waals surface area contributed by atoms with Gasteiger partial charge in [-0.2, -0.15) is 11.3 Å². The molecule has 2 aromatic rings. The number of likely N-dealkylation sites (tertiary alicyclic amines) is 1. The van der Waals surface area contributed by atoms with Crippen molar-refractivity contribution < 1.29 is 14.6 Å². The molecule has 1 saturated heterocycles. The van der Waals surface area contributed by atoms with Crippen LogP contribution in [0.15, 0.2) is 41.1 Å². The van der Waals surface area contributed by atoms with Crippen molar-refractivity contribution in [3.05, 3.63) is 52.2 Å². The number of hydrogen-bond acceptors (Lipinski definition) is 4. The number of nitrogens with zero attached hydrogens (tertiary/aromatic N) is 1. The average Bonchev–Trinajstić information content (AvgIpc) is 3.10. The van der Waals surface area contributed by atoms with Gasteiger partial charge in [-0.25, -0.2) is 0 Å². The Hall–Kier alpha value is -1.85. The molecule has 1 aliphatic rings. The third-order valence-corrected chi connectivity index (χ3v) is 5.21. The van der Waals surface area contributed by atoms with Crippen molar-refractivity contribution in [3.8, 4) is 5.75 Å². The summed E-state index contributed by atoms with van der Waals surface area (Å²) < 4.78 is 5.36. The number of piperidine rings is 1. The van der Waals surface area contributed by atoms with E-state index in [0.29, 0.717) is 12.8 Å². The van der Waals surface area contributed by atoms with E-state index in [9.17, 15) is 9.90 Å². The molecule has 0 amide bonds. The Balaban J connectivity index is 1.87. The molecule has 1 atom stereocenters. The maximum Gasteiger partial charge on any atom is 0.306 e. The molecule has 23 heavy (non-hydrogen) atoms. The number of carbonyl (C=O) groups is 1. The molecule has 1 N–H and O–H groups in total. The number of carboxylic acid groups (broad SMARTS) is 1. The van der Waals surface area contributed by atoms with Crippen LogP contribution < -0.4 is 4.74 Å². The number of ether oxygens (including phenoxy) is 1. The molecule has 5 heteroatoms. The smallest absolute Gasteiger partial charge is 0.306 e. The number of aliphatic carboxylic acids is 1. The summed E-state index contributed by atoms with van der Waals surface area (Å²) >= 11 is 1.69. The van der Waals surface area contributed by atoms with Crippen molar-refractivity contribution in [3.63, 3.8) is 0 Å². The molecule has 0 bridgehead atoms. The van der Waals surface area contributed by atoms with Gasteiger partial charge in [-0.05, 0) is 66.0 Å². The quantitative estimate of drug-likeness (QED) is 0.909. The van der Waals surface area contributed by atoms with Crippen molar-refractivity contribution in [1.82, 2.24) is 4.90 Å². The molecule has 3 rings (SSSR count). The standard InChI is InChI=1S/C18H21NO3S/c1-22-16-4-2-3-14(11-16)17(15-7-10-23-12-15)19-8-5-13(6-9-19)18(20)21/h2-4,7,10-13,17H,5-6,8-9H2,1H3,(H,20,21). The maximum atomic E-state index is 11.2. The molecule has 4 nitrogen and oxygen atoms in total. The summed E-state index contributed by atoms with van der Waals surface area (Å²) in [5.41, 5.74) is 2.45. The van der Waals surface area contributed by atoms with Gasteiger partial charge >= 0.3 is 5.97 Å². The lowest BCUT2D eigenvalue weighted by Crippen LogP contribution is -2.39. The fourth-order valence-corrected chi connectivity index (χ4v) is 3.94. The number of hydrogen-bond donors (Lipinski definition) is 1. The van der Waals surface area contributed by atoms with Crippen LogP contribution in [0, 0.1) is 5.92 Å². The van der Waals surface area contributed by atoms with E-state index in [2.05, 4.69) is 33.9 Å². The lowest BCUT2D eigenvalue weighted by atomic mass is 9.92. The minimum Gasteiger partial charge on any atom is -0.497 e. The van der Waals surface area contributed by atoms with Crippen molar-refractivity contribution in [2.75, 3.05) is 20.2 Å². The van der Waals surface area contributed by atoms with Crippen molar-refractivity contribution in [2.24, 2.45) is 5.92 Å². The fraction of sp³-hybridized carbons (Fsp3) is 0.389. The van der Waals surface area contributed by atoms with Crippen molar-refractivity contribution >= 4 is 17.3 Å². The molecule has 1 unspecified atom stereocenters. The normalized spacial score (nSPS) is 17.8. The first kappa shape index (κ1) is 16.0. The Kier molecular flexibility index (Phi) is 4.98. The fourth-order valence-electron chi connectivity index (χ4n) is 3.26. The molecule has 1 aromatic carbocycles. The van der Waals surface area contributed by atoms with E-state index in [1.807, 2.05) is 12.1 Å². The van der Waals surface area contributed by atoms with Gasteiger partial charge in [0.25, 0.3) is 0 Å². The summed E-state index contributed by atoms with van der Waals surface area (Å²) in [6.45, 7) is 1.60. The molecule has 1 aliphatic heterocycles. The summed E-state index contributed by atoms with van der Waals surface area (Å²) in [4.78, 5) is 13.6. The van der Waals surface area contributed by atoms with Crippen molar-refractivity contribution in [1.29, 1.82) is 0 Å². The lowest BCUT2D eigenvalue weighted by Gasteiger charge is -2.36. The second-order valence-corrected chi connectivity index (χ2v) is 6.66. The van der Waals surface area contributed by atoms with Crippen LogP contribution in [0.2, 0.25) is 0 Å². The number of rotatable bonds is 5. The molecule has 0 aliphatic carbocycles. The Morgan fingerprint density at radius 3 is 2.70 bits per heavy atom. The minimum atomic E-state index is -0.668. The summed E-state index contributed by atoms with van der Waals surface area (Å²) in [5.74, 6) is -0.0269. The van der Waals surface area contributed by atoms with E-state index >= 15 is 0 Å². The van der Waals surface area contributed by atoms with Crippen LogP contribution in [0.1, 0.15) is 30.0 Å². The van der Waals surface area contributed by atoms with Gasteiger partial charge in [0.1, 0.15) is 5.75 Å². The highest BCUT2D eigenvalue weighted by Gasteiger charge is 2.30. The van der Waals surface area contributed by atoms with Gasteiger partial charge in [-0.1, -0.05) is 12.1 Å². The zero-order valence-electron chi connectivity index (χ0n) is 13.1. The topological polar surface area (TPSA) is 49.8 Å². The Bertz CT molecular complexity index is 648. The van der Waals surface area contributed by atoms with Crippen LogP contribution in [0.4, 0.5) is 0 Å². The molecule has 2 heterocycles. The SMILES string of the molecule is COc1cccc(C(c2ccsc2)N2CCC(C(=O)O)CC2)c1. The van der Waals surface area contributed by atoms with Crippen LogP contribution in [-0.4, -0.2) is 36.2 Å². The largest absolute Gasteiger partial charge is 0.497 e. The Labute approximate surface area is 140 Å². The zero-order valence-corrected chi connectivity index (χ0v) is 14.0. The van der Waals surface area contributed by atoms with E-state index in [0.717, 1.165) is 18.8 Å². The van der Waals surface area contributed by atoms with E-state index in [-0.39, 0.29) is 12.0 Å². The summed E-state index contributed by atoms with van der Waals surface area (Å²) in [6, 6.07) is 10.5. The van der Waals surface area contributed by atoms with Gasteiger partial charge in [-0.15, -0.1) is 0 Å². The average molecular weight is 331 g/mol. The summed E-state index contributed by atoms with van der Waals surface area (Å²) in [7, 11) is 1.68. The third kappa shape index (κ3) is 3.57. The summed E-state index contributed by atoms with van der Waals surface area (Å²) in [6.07, 6.45) is 1.42. The first-order valence-electron chi connectivity index (χ1n) is 7.82. The molecule has 122 valence electrons. The Morgan fingerprint density at radius 2 is 2.09 bits per heavy atom. The maximum absolute atomic E-state index is 11.2. The third-order valence-electron chi connectivity index (χ3n) is 4.51.